The number of hydrogen-bond acceptors (Lipinski definition) is 3. The summed E-state index contributed by atoms with van der Waals surface area (Å²) in [5, 5.41) is 3.34. The van der Waals surface area contributed by atoms with Gasteiger partial charge in [-0.3, -0.25) is 4.90 Å². The zero-order valence-electron chi connectivity index (χ0n) is 11.5. The van der Waals surface area contributed by atoms with Crippen molar-refractivity contribution >= 4 is 11.8 Å². The van der Waals surface area contributed by atoms with Gasteiger partial charge in [0.25, 0.3) is 0 Å². The lowest BCUT2D eigenvalue weighted by Crippen LogP contribution is -2.32. The molecule has 0 spiro atoms. The van der Waals surface area contributed by atoms with Crippen molar-refractivity contribution in [3.05, 3.63) is 29.8 Å². The second kappa shape index (κ2) is 7.17. The number of likely N-dealkylation sites (tertiary alicyclic amines) is 1. The highest BCUT2D eigenvalue weighted by molar-refractivity contribution is 7.99. The molecule has 1 unspecified atom stereocenters. The number of nitrogens with one attached hydrogen (secondary N) is 1. The first-order valence-electron chi connectivity index (χ1n) is 6.96. The van der Waals surface area contributed by atoms with E-state index in [9.17, 15) is 0 Å². The molecule has 1 saturated heterocycles. The van der Waals surface area contributed by atoms with E-state index in [1.165, 1.54) is 36.4 Å². The molecule has 1 heterocycles. The molecule has 0 amide bonds. The highest BCUT2D eigenvalue weighted by Gasteiger charge is 2.22. The molecule has 18 heavy (non-hydrogen) atoms. The Kier molecular flexibility index (Phi) is 5.54. The van der Waals surface area contributed by atoms with Gasteiger partial charge in [0.15, 0.2) is 0 Å². The summed E-state index contributed by atoms with van der Waals surface area (Å²) in [5.41, 5.74) is 1.45. The zero-order valence-corrected chi connectivity index (χ0v) is 12.3. The minimum absolute atomic E-state index is 0.540. The van der Waals surface area contributed by atoms with Crippen molar-refractivity contribution in [3.8, 4) is 0 Å². The molecular weight excluding hydrogens is 240 g/mol. The van der Waals surface area contributed by atoms with Gasteiger partial charge < -0.3 is 5.32 Å². The molecule has 0 aliphatic carbocycles. The Bertz CT molecular complexity index is 344. The van der Waals surface area contributed by atoms with E-state index < -0.39 is 0 Å². The minimum atomic E-state index is 0.540. The van der Waals surface area contributed by atoms with Crippen LogP contribution in [-0.2, 0) is 0 Å². The fourth-order valence-corrected chi connectivity index (χ4v) is 3.32. The van der Waals surface area contributed by atoms with E-state index in [0.717, 1.165) is 12.3 Å². The van der Waals surface area contributed by atoms with Gasteiger partial charge in [-0.05, 0) is 56.4 Å². The minimum Gasteiger partial charge on any atom is -0.318 e. The highest BCUT2D eigenvalue weighted by Crippen LogP contribution is 2.26. The maximum Gasteiger partial charge on any atom is 0.0472 e. The van der Waals surface area contributed by atoms with Crippen molar-refractivity contribution in [3.63, 3.8) is 0 Å². The number of rotatable bonds is 6. The van der Waals surface area contributed by atoms with E-state index in [1.54, 1.807) is 0 Å². The van der Waals surface area contributed by atoms with Gasteiger partial charge in [0.1, 0.15) is 0 Å². The highest BCUT2D eigenvalue weighted by atomic mass is 32.2. The SMILES string of the molecule is CCSc1ccc(C(CNC)N2CCCC2)cc1. The molecule has 1 atom stereocenters. The lowest BCUT2D eigenvalue weighted by Gasteiger charge is -2.28. The van der Waals surface area contributed by atoms with Gasteiger partial charge in [0, 0.05) is 17.5 Å². The van der Waals surface area contributed by atoms with Crippen LogP contribution in [0.5, 0.6) is 0 Å². The summed E-state index contributed by atoms with van der Waals surface area (Å²) in [5.74, 6) is 1.14. The number of likely N-dealkylation sites (N-methyl/N-ethyl adjacent to an activating group) is 1. The molecule has 1 aliphatic rings. The molecule has 1 fully saturated rings. The summed E-state index contributed by atoms with van der Waals surface area (Å²) in [4.78, 5) is 3.99. The predicted octanol–water partition coefficient (Wildman–Crippen LogP) is 3.15. The van der Waals surface area contributed by atoms with Crippen LogP contribution >= 0.6 is 11.8 Å². The van der Waals surface area contributed by atoms with Crippen LogP contribution in [0.2, 0.25) is 0 Å². The molecule has 0 aromatic heterocycles. The third-order valence-electron chi connectivity index (χ3n) is 3.55. The quantitative estimate of drug-likeness (QED) is 0.795. The number of hydrogen-bond donors (Lipinski definition) is 1. The van der Waals surface area contributed by atoms with E-state index in [-0.39, 0.29) is 0 Å². The van der Waals surface area contributed by atoms with Crippen LogP contribution in [0.3, 0.4) is 0 Å². The monoisotopic (exact) mass is 264 g/mol. The van der Waals surface area contributed by atoms with Crippen molar-refractivity contribution < 1.29 is 0 Å². The van der Waals surface area contributed by atoms with Gasteiger partial charge in [0.2, 0.25) is 0 Å². The largest absolute Gasteiger partial charge is 0.318 e. The van der Waals surface area contributed by atoms with Crippen molar-refractivity contribution in [2.24, 2.45) is 0 Å². The van der Waals surface area contributed by atoms with E-state index in [1.807, 2.05) is 18.8 Å². The van der Waals surface area contributed by atoms with E-state index in [4.69, 9.17) is 0 Å². The van der Waals surface area contributed by atoms with Gasteiger partial charge in [-0.15, -0.1) is 11.8 Å². The molecule has 0 saturated carbocycles. The van der Waals surface area contributed by atoms with Gasteiger partial charge in [-0.1, -0.05) is 19.1 Å². The Labute approximate surface area is 115 Å². The summed E-state index contributed by atoms with van der Waals surface area (Å²) < 4.78 is 0. The Hall–Kier alpha value is -0.510. The zero-order chi connectivity index (χ0) is 12.8. The summed E-state index contributed by atoms with van der Waals surface area (Å²) in [6, 6.07) is 9.68. The molecule has 0 radical (unpaired) electrons. The van der Waals surface area contributed by atoms with Gasteiger partial charge in [0.05, 0.1) is 0 Å². The van der Waals surface area contributed by atoms with Crippen molar-refractivity contribution in [2.45, 2.75) is 30.7 Å². The van der Waals surface area contributed by atoms with Crippen LogP contribution in [0, 0.1) is 0 Å². The maximum absolute atomic E-state index is 3.34. The standard InChI is InChI=1S/C15H24N2S/c1-3-18-14-8-6-13(7-9-14)15(12-16-2)17-10-4-5-11-17/h6-9,15-16H,3-5,10-12H2,1-2H3. The number of thioether (sulfide) groups is 1. The maximum atomic E-state index is 3.34. The summed E-state index contributed by atoms with van der Waals surface area (Å²) >= 11 is 1.91. The lowest BCUT2D eigenvalue weighted by molar-refractivity contribution is 0.242. The smallest absolute Gasteiger partial charge is 0.0472 e. The third-order valence-corrected chi connectivity index (χ3v) is 4.45. The molecule has 2 rings (SSSR count). The van der Waals surface area contributed by atoms with Gasteiger partial charge in [-0.2, -0.15) is 0 Å². The van der Waals surface area contributed by atoms with Gasteiger partial charge in [-0.25, -0.2) is 0 Å². The average Bonchev–Trinajstić information content (AvgIpc) is 2.91. The Morgan fingerprint density at radius 2 is 1.89 bits per heavy atom. The predicted molar refractivity (Wildman–Crippen MR) is 80.3 cm³/mol. The first kappa shape index (κ1) is 13.9. The summed E-state index contributed by atoms with van der Waals surface area (Å²) in [6.07, 6.45) is 2.70. The van der Waals surface area contributed by atoms with E-state index in [0.29, 0.717) is 6.04 Å². The second-order valence-electron chi connectivity index (χ2n) is 4.82. The van der Waals surface area contributed by atoms with Crippen molar-refractivity contribution in [2.75, 3.05) is 32.4 Å². The van der Waals surface area contributed by atoms with Crippen molar-refractivity contribution in [1.82, 2.24) is 10.2 Å². The van der Waals surface area contributed by atoms with E-state index >= 15 is 0 Å². The topological polar surface area (TPSA) is 15.3 Å². The normalized spacial score (nSPS) is 18.1. The molecular formula is C15H24N2S. The molecule has 0 bridgehead atoms. The Morgan fingerprint density at radius 1 is 1.22 bits per heavy atom. The van der Waals surface area contributed by atoms with Gasteiger partial charge >= 0.3 is 0 Å². The van der Waals surface area contributed by atoms with Crippen LogP contribution < -0.4 is 5.32 Å². The van der Waals surface area contributed by atoms with Crippen LogP contribution in [0.15, 0.2) is 29.2 Å². The second-order valence-corrected chi connectivity index (χ2v) is 6.16. The molecule has 1 aliphatic heterocycles. The fraction of sp³-hybridized carbons (Fsp3) is 0.600. The third kappa shape index (κ3) is 3.50. The number of nitrogens with zero attached hydrogens (tertiary/aromatic N) is 1. The molecule has 1 N–H and O–H groups in total. The molecule has 100 valence electrons. The molecule has 2 nitrogen and oxygen atoms in total. The van der Waals surface area contributed by atoms with Crippen molar-refractivity contribution in [1.29, 1.82) is 0 Å². The summed E-state index contributed by atoms with van der Waals surface area (Å²) in [6.45, 7) is 5.74. The first-order valence-corrected chi connectivity index (χ1v) is 7.95. The van der Waals surface area contributed by atoms with Crippen LogP contribution in [0.25, 0.3) is 0 Å². The van der Waals surface area contributed by atoms with Crippen LogP contribution in [-0.4, -0.2) is 37.3 Å². The van der Waals surface area contributed by atoms with Crippen LogP contribution in [0.1, 0.15) is 31.4 Å². The molecule has 3 heteroatoms. The molecule has 1 aromatic carbocycles. The summed E-state index contributed by atoms with van der Waals surface area (Å²) in [7, 11) is 2.05. The molecule has 1 aromatic rings. The Balaban J connectivity index is 2.09. The lowest BCUT2D eigenvalue weighted by atomic mass is 10.1. The first-order chi connectivity index (χ1) is 8.85. The average molecular weight is 264 g/mol. The van der Waals surface area contributed by atoms with Crippen LogP contribution in [0.4, 0.5) is 0 Å². The number of benzene rings is 1. The Morgan fingerprint density at radius 3 is 2.44 bits per heavy atom. The fourth-order valence-electron chi connectivity index (χ4n) is 2.66. The van der Waals surface area contributed by atoms with E-state index in [2.05, 4.69) is 41.4 Å².